The third kappa shape index (κ3) is 6.21. The molecule has 6 nitrogen and oxygen atoms in total. The molecule has 1 atom stereocenters. The lowest BCUT2D eigenvalue weighted by Gasteiger charge is -2.31. The summed E-state index contributed by atoms with van der Waals surface area (Å²) in [4.78, 5) is 39.0. The van der Waals surface area contributed by atoms with Crippen LogP contribution in [0.3, 0.4) is 0 Å². The molecule has 1 saturated heterocycles. The van der Waals surface area contributed by atoms with E-state index in [2.05, 4.69) is 5.32 Å². The maximum atomic E-state index is 12.6. The van der Waals surface area contributed by atoms with E-state index in [1.807, 2.05) is 18.2 Å². The van der Waals surface area contributed by atoms with Gasteiger partial charge in [-0.05, 0) is 55.7 Å². The number of benzene rings is 2. The summed E-state index contributed by atoms with van der Waals surface area (Å²) < 4.78 is 5.36. The van der Waals surface area contributed by atoms with E-state index in [1.165, 1.54) is 0 Å². The summed E-state index contributed by atoms with van der Waals surface area (Å²) in [5.41, 5.74) is 1.35. The molecule has 1 N–H and O–H groups in total. The molecule has 0 aromatic heterocycles. The molecule has 1 fully saturated rings. The van der Waals surface area contributed by atoms with Crippen LogP contribution in [0.4, 0.5) is 0 Å². The van der Waals surface area contributed by atoms with E-state index in [0.717, 1.165) is 5.56 Å². The summed E-state index contributed by atoms with van der Waals surface area (Å²) >= 11 is 11.9. The normalized spacial score (nSPS) is 15.3. The second-order valence-corrected chi connectivity index (χ2v) is 8.31. The lowest BCUT2D eigenvalue weighted by Crippen LogP contribution is -2.42. The first-order valence-electron chi connectivity index (χ1n) is 10.1. The quantitative estimate of drug-likeness (QED) is 0.655. The topological polar surface area (TPSA) is 75.7 Å². The van der Waals surface area contributed by atoms with Crippen LogP contribution >= 0.6 is 23.2 Å². The third-order valence-electron chi connectivity index (χ3n) is 5.28. The summed E-state index contributed by atoms with van der Waals surface area (Å²) in [6.07, 6.45) is 0.0712. The zero-order valence-corrected chi connectivity index (χ0v) is 18.7. The van der Waals surface area contributed by atoms with Crippen molar-refractivity contribution in [2.24, 2.45) is 5.92 Å². The summed E-state index contributed by atoms with van der Waals surface area (Å²) in [6.45, 7) is 2.70. The molecule has 1 aliphatic heterocycles. The van der Waals surface area contributed by atoms with Crippen molar-refractivity contribution >= 4 is 41.0 Å². The van der Waals surface area contributed by atoms with Gasteiger partial charge in [-0.1, -0.05) is 41.4 Å². The van der Waals surface area contributed by atoms with Crippen molar-refractivity contribution < 1.29 is 19.1 Å². The first kappa shape index (κ1) is 23.1. The molecule has 31 heavy (non-hydrogen) atoms. The van der Waals surface area contributed by atoms with Crippen LogP contribution in [0.1, 0.15) is 35.7 Å². The van der Waals surface area contributed by atoms with Crippen molar-refractivity contribution in [3.63, 3.8) is 0 Å². The number of carbonyl (C=O) groups excluding carboxylic acids is 3. The Morgan fingerprint density at radius 3 is 2.35 bits per heavy atom. The van der Waals surface area contributed by atoms with E-state index in [1.54, 1.807) is 42.2 Å². The highest BCUT2D eigenvalue weighted by molar-refractivity contribution is 6.31. The fourth-order valence-electron chi connectivity index (χ4n) is 3.39. The van der Waals surface area contributed by atoms with Crippen LogP contribution in [-0.4, -0.2) is 41.9 Å². The number of halogens is 2. The molecule has 1 unspecified atom stereocenters. The molecule has 2 aromatic carbocycles. The predicted octanol–water partition coefficient (Wildman–Crippen LogP) is 4.09. The first-order chi connectivity index (χ1) is 14.8. The largest absolute Gasteiger partial charge is 0.452 e. The SMILES string of the molecule is CC(OC(=O)C1CCN(C(=O)c2ccc(Cl)cc2)CC1)C(=O)NCc1ccccc1Cl. The van der Waals surface area contributed by atoms with Crippen LogP contribution in [0, 0.1) is 5.92 Å². The minimum Gasteiger partial charge on any atom is -0.452 e. The van der Waals surface area contributed by atoms with Crippen LogP contribution < -0.4 is 5.32 Å². The molecule has 164 valence electrons. The number of amides is 2. The first-order valence-corrected chi connectivity index (χ1v) is 10.9. The summed E-state index contributed by atoms with van der Waals surface area (Å²) in [5, 5.41) is 3.86. The number of esters is 1. The number of nitrogens with one attached hydrogen (secondary N) is 1. The summed E-state index contributed by atoms with van der Waals surface area (Å²) in [6, 6.07) is 13.9. The van der Waals surface area contributed by atoms with Crippen LogP contribution in [0.25, 0.3) is 0 Å². The van der Waals surface area contributed by atoms with E-state index in [9.17, 15) is 14.4 Å². The van der Waals surface area contributed by atoms with Crippen molar-refractivity contribution in [3.05, 3.63) is 69.7 Å². The lowest BCUT2D eigenvalue weighted by molar-refractivity contribution is -0.160. The Hall–Kier alpha value is -2.57. The van der Waals surface area contributed by atoms with Crippen LogP contribution in [-0.2, 0) is 20.9 Å². The number of nitrogens with zero attached hydrogens (tertiary/aromatic N) is 1. The van der Waals surface area contributed by atoms with Crippen molar-refractivity contribution in [2.45, 2.75) is 32.4 Å². The van der Waals surface area contributed by atoms with Crippen LogP contribution in [0.2, 0.25) is 10.0 Å². The Labute approximate surface area is 191 Å². The molecule has 1 heterocycles. The zero-order chi connectivity index (χ0) is 22.4. The van der Waals surface area contributed by atoms with Crippen LogP contribution in [0.15, 0.2) is 48.5 Å². The number of rotatable bonds is 6. The van der Waals surface area contributed by atoms with Gasteiger partial charge in [-0.25, -0.2) is 0 Å². The predicted molar refractivity (Wildman–Crippen MR) is 119 cm³/mol. The standard InChI is InChI=1S/C23H24Cl2N2O4/c1-15(21(28)26-14-18-4-2-3-5-20(18)25)31-23(30)17-10-12-27(13-11-17)22(29)16-6-8-19(24)9-7-16/h2-9,15,17H,10-14H2,1H3,(H,26,28). The number of carbonyl (C=O) groups is 3. The highest BCUT2D eigenvalue weighted by atomic mass is 35.5. The molecular formula is C23H24Cl2N2O4. The Bertz CT molecular complexity index is 941. The number of piperidine rings is 1. The number of hydrogen-bond acceptors (Lipinski definition) is 4. The molecule has 2 aromatic rings. The summed E-state index contributed by atoms with van der Waals surface area (Å²) in [5.74, 6) is -1.23. The van der Waals surface area contributed by atoms with Crippen molar-refractivity contribution in [1.29, 1.82) is 0 Å². The number of hydrogen-bond donors (Lipinski definition) is 1. The van der Waals surface area contributed by atoms with E-state index in [-0.39, 0.29) is 24.3 Å². The van der Waals surface area contributed by atoms with Gasteiger partial charge in [0, 0.05) is 35.2 Å². The van der Waals surface area contributed by atoms with Gasteiger partial charge < -0.3 is 15.0 Å². The van der Waals surface area contributed by atoms with Crippen molar-refractivity contribution in [2.75, 3.05) is 13.1 Å². The van der Waals surface area contributed by atoms with Gasteiger partial charge in [0.05, 0.1) is 5.92 Å². The molecule has 0 radical (unpaired) electrons. The van der Waals surface area contributed by atoms with E-state index < -0.39 is 12.1 Å². The number of likely N-dealkylation sites (tertiary alicyclic amines) is 1. The molecule has 2 amide bonds. The van der Waals surface area contributed by atoms with Gasteiger partial charge in [0.15, 0.2) is 6.10 Å². The van der Waals surface area contributed by atoms with Gasteiger partial charge >= 0.3 is 5.97 Å². The molecule has 1 aliphatic rings. The fraction of sp³-hybridized carbons (Fsp3) is 0.348. The molecule has 3 rings (SSSR count). The summed E-state index contributed by atoms with van der Waals surface area (Å²) in [7, 11) is 0. The zero-order valence-electron chi connectivity index (χ0n) is 17.1. The second-order valence-electron chi connectivity index (χ2n) is 7.46. The Balaban J connectivity index is 1.44. The van der Waals surface area contributed by atoms with Crippen LogP contribution in [0.5, 0.6) is 0 Å². The Morgan fingerprint density at radius 1 is 1.06 bits per heavy atom. The van der Waals surface area contributed by atoms with Gasteiger partial charge in [-0.15, -0.1) is 0 Å². The Kier molecular flexibility index (Phi) is 7.93. The molecule has 8 heteroatoms. The average Bonchev–Trinajstić information content (AvgIpc) is 2.78. The number of ether oxygens (including phenoxy) is 1. The highest BCUT2D eigenvalue weighted by Crippen LogP contribution is 2.22. The maximum absolute atomic E-state index is 12.6. The van der Waals surface area contributed by atoms with E-state index in [0.29, 0.717) is 41.5 Å². The van der Waals surface area contributed by atoms with E-state index in [4.69, 9.17) is 27.9 Å². The van der Waals surface area contributed by atoms with Gasteiger partial charge in [0.1, 0.15) is 0 Å². The molecule has 0 bridgehead atoms. The average molecular weight is 463 g/mol. The van der Waals surface area contributed by atoms with Gasteiger partial charge in [0.25, 0.3) is 11.8 Å². The smallest absolute Gasteiger partial charge is 0.309 e. The monoisotopic (exact) mass is 462 g/mol. The van der Waals surface area contributed by atoms with Gasteiger partial charge in [-0.2, -0.15) is 0 Å². The fourth-order valence-corrected chi connectivity index (χ4v) is 3.71. The minimum absolute atomic E-state index is 0.0872. The van der Waals surface area contributed by atoms with Gasteiger partial charge in [0.2, 0.25) is 0 Å². The minimum atomic E-state index is -0.913. The lowest BCUT2D eigenvalue weighted by atomic mass is 9.96. The Morgan fingerprint density at radius 2 is 1.71 bits per heavy atom. The van der Waals surface area contributed by atoms with Gasteiger partial charge in [-0.3, -0.25) is 14.4 Å². The van der Waals surface area contributed by atoms with Crippen molar-refractivity contribution in [3.8, 4) is 0 Å². The molecule has 0 spiro atoms. The van der Waals surface area contributed by atoms with Crippen molar-refractivity contribution in [1.82, 2.24) is 10.2 Å². The molecular weight excluding hydrogens is 439 g/mol. The molecule has 0 aliphatic carbocycles. The third-order valence-corrected chi connectivity index (χ3v) is 5.90. The second kappa shape index (κ2) is 10.6. The maximum Gasteiger partial charge on any atom is 0.309 e. The van der Waals surface area contributed by atoms with E-state index >= 15 is 0 Å². The molecule has 0 saturated carbocycles. The highest BCUT2D eigenvalue weighted by Gasteiger charge is 2.30.